The smallest absolute Gasteiger partial charge is 0.357 e. The molecule has 0 amide bonds. The molecule has 0 radical (unpaired) electrons. The summed E-state index contributed by atoms with van der Waals surface area (Å²) in [5.41, 5.74) is 0.0939. The lowest BCUT2D eigenvalue weighted by Crippen LogP contribution is -2.44. The first-order chi connectivity index (χ1) is 14.3. The van der Waals surface area contributed by atoms with E-state index in [1.165, 1.54) is 0 Å². The van der Waals surface area contributed by atoms with Crippen LogP contribution in [0.5, 0.6) is 0 Å². The second-order valence-electron chi connectivity index (χ2n) is 6.99. The predicted molar refractivity (Wildman–Crippen MR) is 113 cm³/mol. The highest BCUT2D eigenvalue weighted by Crippen LogP contribution is 2.29. The Labute approximate surface area is 178 Å². The minimum absolute atomic E-state index is 0.174. The SMILES string of the molecule is CCNC(=NCc1ccc(N2CCN(C)CC2)nc1)NCc1nc(C(F)(F)F)cs1. The van der Waals surface area contributed by atoms with E-state index in [-0.39, 0.29) is 6.54 Å². The van der Waals surface area contributed by atoms with Gasteiger partial charge in [-0.2, -0.15) is 13.2 Å². The maximum Gasteiger partial charge on any atom is 0.434 e. The molecule has 2 N–H and O–H groups in total. The van der Waals surface area contributed by atoms with Crippen molar-refractivity contribution >= 4 is 23.1 Å². The Morgan fingerprint density at radius 2 is 1.97 bits per heavy atom. The number of hydrogen-bond donors (Lipinski definition) is 2. The number of thiazole rings is 1. The molecule has 0 saturated carbocycles. The second-order valence-corrected chi connectivity index (χ2v) is 7.93. The maximum absolute atomic E-state index is 12.7. The van der Waals surface area contributed by atoms with Crippen LogP contribution in [0.1, 0.15) is 23.2 Å². The van der Waals surface area contributed by atoms with Gasteiger partial charge in [0, 0.05) is 44.3 Å². The van der Waals surface area contributed by atoms with Crippen molar-refractivity contribution in [1.29, 1.82) is 0 Å². The van der Waals surface area contributed by atoms with Crippen LogP contribution in [0.15, 0.2) is 28.7 Å². The van der Waals surface area contributed by atoms with Crippen molar-refractivity contribution in [3.63, 3.8) is 0 Å². The number of alkyl halides is 3. The van der Waals surface area contributed by atoms with Crippen molar-refractivity contribution in [3.05, 3.63) is 40.0 Å². The summed E-state index contributed by atoms with van der Waals surface area (Å²) in [6.07, 6.45) is -2.60. The van der Waals surface area contributed by atoms with E-state index < -0.39 is 11.9 Å². The van der Waals surface area contributed by atoms with Gasteiger partial charge in [-0.3, -0.25) is 0 Å². The Morgan fingerprint density at radius 3 is 2.57 bits per heavy atom. The fourth-order valence-electron chi connectivity index (χ4n) is 2.93. The van der Waals surface area contributed by atoms with Crippen LogP contribution in [-0.4, -0.2) is 60.6 Å². The summed E-state index contributed by atoms with van der Waals surface area (Å²) in [6.45, 7) is 7.12. The van der Waals surface area contributed by atoms with Gasteiger partial charge in [0.15, 0.2) is 11.7 Å². The first-order valence-corrected chi connectivity index (χ1v) is 10.7. The summed E-state index contributed by atoms with van der Waals surface area (Å²) in [5, 5.41) is 7.49. The third kappa shape index (κ3) is 6.30. The molecule has 11 heteroatoms. The van der Waals surface area contributed by atoms with E-state index >= 15 is 0 Å². The number of rotatable bonds is 6. The summed E-state index contributed by atoms with van der Waals surface area (Å²) in [7, 11) is 2.12. The van der Waals surface area contributed by atoms with Gasteiger partial charge in [0.25, 0.3) is 0 Å². The molecular formula is C19H26F3N7S. The fraction of sp³-hybridized carbons (Fsp3) is 0.526. The maximum atomic E-state index is 12.7. The quantitative estimate of drug-likeness (QED) is 0.531. The highest BCUT2D eigenvalue weighted by Gasteiger charge is 2.33. The van der Waals surface area contributed by atoms with Gasteiger partial charge in [-0.25, -0.2) is 15.0 Å². The van der Waals surface area contributed by atoms with Crippen LogP contribution in [0.25, 0.3) is 0 Å². The number of guanidine groups is 1. The Balaban J connectivity index is 1.55. The zero-order valence-electron chi connectivity index (χ0n) is 17.0. The minimum Gasteiger partial charge on any atom is -0.357 e. The number of pyridine rings is 1. The summed E-state index contributed by atoms with van der Waals surface area (Å²) < 4.78 is 38.0. The molecule has 0 bridgehead atoms. The number of likely N-dealkylation sites (N-methyl/N-ethyl adjacent to an activating group) is 1. The van der Waals surface area contributed by atoms with Crippen molar-refractivity contribution in [1.82, 2.24) is 25.5 Å². The molecule has 3 heterocycles. The molecule has 0 spiro atoms. The molecule has 1 saturated heterocycles. The van der Waals surface area contributed by atoms with Gasteiger partial charge in [-0.05, 0) is 25.6 Å². The first-order valence-electron chi connectivity index (χ1n) is 9.77. The molecule has 0 atom stereocenters. The lowest BCUT2D eigenvalue weighted by Gasteiger charge is -2.33. The van der Waals surface area contributed by atoms with Crippen molar-refractivity contribution in [2.45, 2.75) is 26.2 Å². The Morgan fingerprint density at radius 1 is 1.20 bits per heavy atom. The van der Waals surface area contributed by atoms with Crippen molar-refractivity contribution in [3.8, 4) is 0 Å². The highest BCUT2D eigenvalue weighted by atomic mass is 32.1. The third-order valence-corrected chi connectivity index (χ3v) is 5.50. The molecule has 164 valence electrons. The monoisotopic (exact) mass is 441 g/mol. The van der Waals surface area contributed by atoms with Crippen molar-refractivity contribution < 1.29 is 13.2 Å². The number of piperazine rings is 1. The van der Waals surface area contributed by atoms with Gasteiger partial charge in [-0.15, -0.1) is 11.3 Å². The second kappa shape index (κ2) is 10.1. The minimum atomic E-state index is -4.42. The number of aromatic nitrogens is 2. The normalized spacial score (nSPS) is 16.0. The zero-order valence-corrected chi connectivity index (χ0v) is 17.9. The van der Waals surface area contributed by atoms with Crippen LogP contribution in [0.4, 0.5) is 19.0 Å². The topological polar surface area (TPSA) is 68.7 Å². The van der Waals surface area contributed by atoms with Crippen LogP contribution in [0, 0.1) is 0 Å². The number of hydrogen-bond acceptors (Lipinski definition) is 6. The number of halogens is 3. The molecule has 3 rings (SSSR count). The number of aliphatic imine (C=N–C) groups is 1. The van der Waals surface area contributed by atoms with E-state index in [0.29, 0.717) is 24.1 Å². The first kappa shape index (κ1) is 22.3. The van der Waals surface area contributed by atoms with Gasteiger partial charge in [0.05, 0.1) is 13.1 Å². The lowest BCUT2D eigenvalue weighted by molar-refractivity contribution is -0.140. The van der Waals surface area contributed by atoms with Gasteiger partial charge < -0.3 is 20.4 Å². The number of nitrogens with zero attached hydrogens (tertiary/aromatic N) is 5. The summed E-state index contributed by atoms with van der Waals surface area (Å²) in [4.78, 5) is 17.2. The molecule has 30 heavy (non-hydrogen) atoms. The molecule has 0 aromatic carbocycles. The fourth-order valence-corrected chi connectivity index (χ4v) is 3.67. The molecular weight excluding hydrogens is 415 g/mol. The Bertz CT molecular complexity index is 827. The highest BCUT2D eigenvalue weighted by molar-refractivity contribution is 7.09. The average molecular weight is 442 g/mol. The van der Waals surface area contributed by atoms with E-state index in [0.717, 1.165) is 54.3 Å². The van der Waals surface area contributed by atoms with E-state index in [1.807, 2.05) is 25.3 Å². The van der Waals surface area contributed by atoms with Crippen molar-refractivity contribution in [2.75, 3.05) is 44.7 Å². The molecule has 1 aliphatic heterocycles. The van der Waals surface area contributed by atoms with Crippen LogP contribution in [0.3, 0.4) is 0 Å². The van der Waals surface area contributed by atoms with E-state index in [1.54, 1.807) is 0 Å². The molecule has 0 aliphatic carbocycles. The number of anilines is 1. The molecule has 0 unspecified atom stereocenters. The van der Waals surface area contributed by atoms with E-state index in [2.05, 4.69) is 42.4 Å². The largest absolute Gasteiger partial charge is 0.434 e. The molecule has 2 aromatic rings. The summed E-state index contributed by atoms with van der Waals surface area (Å²) >= 11 is 0.972. The van der Waals surface area contributed by atoms with Gasteiger partial charge >= 0.3 is 6.18 Å². The van der Waals surface area contributed by atoms with Gasteiger partial charge in [-0.1, -0.05) is 6.07 Å². The van der Waals surface area contributed by atoms with Gasteiger partial charge in [0.2, 0.25) is 0 Å². The molecule has 7 nitrogen and oxygen atoms in total. The van der Waals surface area contributed by atoms with Crippen LogP contribution < -0.4 is 15.5 Å². The van der Waals surface area contributed by atoms with Crippen molar-refractivity contribution in [2.24, 2.45) is 4.99 Å². The zero-order chi connectivity index (χ0) is 21.6. The third-order valence-electron chi connectivity index (χ3n) is 4.65. The molecule has 2 aromatic heterocycles. The Kier molecular flexibility index (Phi) is 7.48. The number of nitrogens with one attached hydrogen (secondary N) is 2. The van der Waals surface area contributed by atoms with E-state index in [4.69, 9.17) is 0 Å². The average Bonchev–Trinajstić information content (AvgIpc) is 3.21. The molecule has 1 aliphatic rings. The standard InChI is InChI=1S/C19H26F3N7S/c1-3-23-18(26-12-17-27-15(13-30-17)19(20,21)22)25-11-14-4-5-16(24-10-14)29-8-6-28(2)7-9-29/h4-5,10,13H,3,6-9,11-12H2,1-2H3,(H2,23,25,26). The molecule has 1 fully saturated rings. The van der Waals surface area contributed by atoms with Crippen LogP contribution >= 0.6 is 11.3 Å². The van der Waals surface area contributed by atoms with E-state index in [9.17, 15) is 13.2 Å². The summed E-state index contributed by atoms with van der Waals surface area (Å²) in [6, 6.07) is 4.01. The lowest BCUT2D eigenvalue weighted by atomic mass is 10.2. The van der Waals surface area contributed by atoms with Crippen LogP contribution in [0.2, 0.25) is 0 Å². The van der Waals surface area contributed by atoms with Gasteiger partial charge in [0.1, 0.15) is 10.8 Å². The predicted octanol–water partition coefficient (Wildman–Crippen LogP) is 2.56. The Hall–Kier alpha value is -2.40. The summed E-state index contributed by atoms with van der Waals surface area (Å²) in [5.74, 6) is 1.48. The van der Waals surface area contributed by atoms with Crippen LogP contribution in [-0.2, 0) is 19.3 Å².